The molecule has 0 amide bonds. The Bertz CT molecular complexity index is 573. The third-order valence-corrected chi connectivity index (χ3v) is 3.98. The third kappa shape index (κ3) is 2.98. The van der Waals surface area contributed by atoms with Gasteiger partial charge >= 0.3 is 0 Å². The van der Waals surface area contributed by atoms with E-state index in [4.69, 9.17) is 0 Å². The fourth-order valence-electron chi connectivity index (χ4n) is 2.25. The van der Waals surface area contributed by atoms with Crippen LogP contribution in [0.1, 0.15) is 44.6 Å². The summed E-state index contributed by atoms with van der Waals surface area (Å²) < 4.78 is 0. The number of hydrogen-bond donors (Lipinski definition) is 1. The highest BCUT2D eigenvalue weighted by molar-refractivity contribution is 5.62. The van der Waals surface area contributed by atoms with Crippen LogP contribution in [0.4, 0.5) is 5.82 Å². The lowest BCUT2D eigenvalue weighted by molar-refractivity contribution is 0.734. The average Bonchev–Trinajstić information content (AvgIpc) is 3.31. The molecule has 3 nitrogen and oxygen atoms in total. The van der Waals surface area contributed by atoms with Crippen LogP contribution >= 0.6 is 0 Å². The van der Waals surface area contributed by atoms with Gasteiger partial charge in [0.2, 0.25) is 0 Å². The zero-order chi connectivity index (χ0) is 13.9. The fraction of sp³-hybridized carbons (Fsp3) is 0.412. The van der Waals surface area contributed by atoms with Gasteiger partial charge in [0.05, 0.1) is 5.69 Å². The predicted molar refractivity (Wildman–Crippen MR) is 82.8 cm³/mol. The topological polar surface area (TPSA) is 37.8 Å². The first kappa shape index (κ1) is 13.1. The summed E-state index contributed by atoms with van der Waals surface area (Å²) in [6, 6.07) is 11.4. The molecule has 0 saturated heterocycles. The van der Waals surface area contributed by atoms with Gasteiger partial charge < -0.3 is 5.32 Å². The van der Waals surface area contributed by atoms with Crippen molar-refractivity contribution in [3.05, 3.63) is 42.2 Å². The van der Waals surface area contributed by atoms with E-state index >= 15 is 0 Å². The Hall–Kier alpha value is -1.90. The molecule has 3 heteroatoms. The van der Waals surface area contributed by atoms with Gasteiger partial charge in [-0.25, -0.2) is 9.97 Å². The second kappa shape index (κ2) is 5.61. The molecule has 1 saturated carbocycles. The van der Waals surface area contributed by atoms with E-state index in [0.717, 1.165) is 17.1 Å². The van der Waals surface area contributed by atoms with E-state index in [0.29, 0.717) is 12.0 Å². The van der Waals surface area contributed by atoms with E-state index in [9.17, 15) is 0 Å². The monoisotopic (exact) mass is 267 g/mol. The summed E-state index contributed by atoms with van der Waals surface area (Å²) in [5.74, 6) is 1.55. The van der Waals surface area contributed by atoms with Gasteiger partial charge in [0.25, 0.3) is 0 Å². The number of nitrogens with one attached hydrogen (secondary N) is 1. The molecular formula is C17H21N3. The van der Waals surface area contributed by atoms with Gasteiger partial charge in [-0.05, 0) is 30.7 Å². The van der Waals surface area contributed by atoms with Crippen LogP contribution in [-0.4, -0.2) is 16.0 Å². The molecule has 0 spiro atoms. The van der Waals surface area contributed by atoms with Crippen LogP contribution < -0.4 is 5.32 Å². The Morgan fingerprint density at radius 2 is 1.95 bits per heavy atom. The lowest BCUT2D eigenvalue weighted by Gasteiger charge is -2.10. The maximum absolute atomic E-state index is 4.38. The minimum absolute atomic E-state index is 0.613. The first-order chi connectivity index (χ1) is 9.76. The molecule has 1 atom stereocenters. The predicted octanol–water partition coefficient (Wildman–Crippen LogP) is 4.23. The van der Waals surface area contributed by atoms with Gasteiger partial charge in [0.1, 0.15) is 12.1 Å². The van der Waals surface area contributed by atoms with E-state index in [1.54, 1.807) is 6.33 Å². The molecule has 3 rings (SSSR count). The molecule has 1 fully saturated rings. The Morgan fingerprint density at radius 1 is 1.20 bits per heavy atom. The van der Waals surface area contributed by atoms with E-state index < -0.39 is 0 Å². The van der Waals surface area contributed by atoms with Gasteiger partial charge in [-0.15, -0.1) is 0 Å². The molecular weight excluding hydrogens is 246 g/mol. The molecule has 1 aliphatic carbocycles. The highest BCUT2D eigenvalue weighted by atomic mass is 15.1. The molecule has 0 bridgehead atoms. The van der Waals surface area contributed by atoms with Crippen LogP contribution in [0.15, 0.2) is 36.7 Å². The van der Waals surface area contributed by atoms with Gasteiger partial charge in [-0.1, -0.05) is 38.1 Å². The number of nitrogens with zero attached hydrogens (tertiary/aromatic N) is 2. The van der Waals surface area contributed by atoms with Crippen molar-refractivity contribution in [1.29, 1.82) is 0 Å². The quantitative estimate of drug-likeness (QED) is 0.880. The molecule has 0 radical (unpaired) electrons. The SMILES string of the molecule is CCC(C)c1ccc(-c2cc(NC3CC3)ncn2)cc1. The molecule has 1 aromatic heterocycles. The summed E-state index contributed by atoms with van der Waals surface area (Å²) >= 11 is 0. The number of rotatable bonds is 5. The maximum Gasteiger partial charge on any atom is 0.130 e. The molecule has 1 aliphatic rings. The molecule has 1 unspecified atom stereocenters. The van der Waals surface area contributed by atoms with Crippen molar-refractivity contribution >= 4 is 5.82 Å². The number of aromatic nitrogens is 2. The molecule has 1 aromatic carbocycles. The molecule has 104 valence electrons. The summed E-state index contributed by atoms with van der Waals surface area (Å²) in [4.78, 5) is 8.66. The van der Waals surface area contributed by atoms with Crippen LogP contribution in [0.2, 0.25) is 0 Å². The summed E-state index contributed by atoms with van der Waals surface area (Å²) in [5.41, 5.74) is 3.53. The lowest BCUT2D eigenvalue weighted by atomic mass is 9.97. The van der Waals surface area contributed by atoms with Gasteiger partial charge in [-0.3, -0.25) is 0 Å². The van der Waals surface area contributed by atoms with Crippen molar-refractivity contribution in [2.45, 2.75) is 45.1 Å². The van der Waals surface area contributed by atoms with E-state index in [2.05, 4.69) is 53.4 Å². The lowest BCUT2D eigenvalue weighted by Crippen LogP contribution is -2.03. The highest BCUT2D eigenvalue weighted by Gasteiger charge is 2.21. The van der Waals surface area contributed by atoms with Crippen LogP contribution in [0.3, 0.4) is 0 Å². The average molecular weight is 267 g/mol. The standard InChI is InChI=1S/C17H21N3/c1-3-12(2)13-4-6-14(7-5-13)16-10-17(19-11-18-16)20-15-8-9-15/h4-7,10-12,15H,3,8-9H2,1-2H3,(H,18,19,20). The Kier molecular flexibility index (Phi) is 3.68. The van der Waals surface area contributed by atoms with E-state index in [1.165, 1.54) is 24.8 Å². The first-order valence-electron chi connectivity index (χ1n) is 7.45. The van der Waals surface area contributed by atoms with Crippen molar-refractivity contribution in [2.24, 2.45) is 0 Å². The minimum Gasteiger partial charge on any atom is -0.367 e. The van der Waals surface area contributed by atoms with Crippen molar-refractivity contribution in [3.63, 3.8) is 0 Å². The smallest absolute Gasteiger partial charge is 0.130 e. The van der Waals surface area contributed by atoms with Crippen LogP contribution in [-0.2, 0) is 0 Å². The Labute approximate surface area is 120 Å². The summed E-state index contributed by atoms with van der Waals surface area (Å²) in [7, 11) is 0. The minimum atomic E-state index is 0.613. The van der Waals surface area contributed by atoms with Gasteiger partial charge in [0, 0.05) is 17.7 Å². The largest absolute Gasteiger partial charge is 0.367 e. The zero-order valence-electron chi connectivity index (χ0n) is 12.1. The summed E-state index contributed by atoms with van der Waals surface area (Å²) in [5, 5.41) is 3.41. The van der Waals surface area contributed by atoms with Crippen molar-refractivity contribution < 1.29 is 0 Å². The van der Waals surface area contributed by atoms with E-state index in [-0.39, 0.29) is 0 Å². The molecule has 0 aliphatic heterocycles. The van der Waals surface area contributed by atoms with Crippen LogP contribution in [0.5, 0.6) is 0 Å². The van der Waals surface area contributed by atoms with Gasteiger partial charge in [0.15, 0.2) is 0 Å². The third-order valence-electron chi connectivity index (χ3n) is 3.98. The second-order valence-corrected chi connectivity index (χ2v) is 5.64. The van der Waals surface area contributed by atoms with Crippen molar-refractivity contribution in [3.8, 4) is 11.3 Å². The normalized spacial score (nSPS) is 15.9. The van der Waals surface area contributed by atoms with Crippen molar-refractivity contribution in [2.75, 3.05) is 5.32 Å². The maximum atomic E-state index is 4.38. The summed E-state index contributed by atoms with van der Waals surface area (Å²) in [6.07, 6.45) is 5.32. The number of anilines is 1. The Balaban J connectivity index is 1.80. The number of benzene rings is 1. The molecule has 1 N–H and O–H groups in total. The molecule has 2 aromatic rings. The summed E-state index contributed by atoms with van der Waals surface area (Å²) in [6.45, 7) is 4.48. The second-order valence-electron chi connectivity index (χ2n) is 5.64. The fourth-order valence-corrected chi connectivity index (χ4v) is 2.25. The van der Waals surface area contributed by atoms with E-state index in [1.807, 2.05) is 6.07 Å². The van der Waals surface area contributed by atoms with Gasteiger partial charge in [-0.2, -0.15) is 0 Å². The highest BCUT2D eigenvalue weighted by Crippen LogP contribution is 2.26. The van der Waals surface area contributed by atoms with Crippen molar-refractivity contribution in [1.82, 2.24) is 9.97 Å². The molecule has 1 heterocycles. The zero-order valence-corrected chi connectivity index (χ0v) is 12.1. The number of hydrogen-bond acceptors (Lipinski definition) is 3. The molecule has 20 heavy (non-hydrogen) atoms. The van der Waals surface area contributed by atoms with Crippen LogP contribution in [0, 0.1) is 0 Å². The van der Waals surface area contributed by atoms with Crippen LogP contribution in [0.25, 0.3) is 11.3 Å². The first-order valence-corrected chi connectivity index (χ1v) is 7.45. The Morgan fingerprint density at radius 3 is 2.60 bits per heavy atom.